The number of nitrogens with two attached hydrogens (primary N) is 1. The second-order valence-electron chi connectivity index (χ2n) is 3.97. The van der Waals surface area contributed by atoms with Crippen molar-refractivity contribution in [2.75, 3.05) is 0 Å². The Labute approximate surface area is 117 Å². The first kappa shape index (κ1) is 14.2. The zero-order valence-corrected chi connectivity index (χ0v) is 11.7. The number of primary sulfonamides is 1. The molecule has 2 N–H and O–H groups in total. The smallest absolute Gasteiger partial charge is 0.240 e. The minimum atomic E-state index is -3.84. The standard InChI is InChI=1S/C14H14N2O3S/c1-2-16-14-12(11-5-4-9-19-10-8-11)6-3-7-13(14)20(15,17)18/h2-10H,1H3,(H2,15,17,18). The minimum absolute atomic E-state index is 0.00320. The number of rotatable bonds is 3. The average Bonchev–Trinajstić information content (AvgIpc) is 2.67. The highest BCUT2D eigenvalue weighted by Crippen LogP contribution is 2.33. The van der Waals surface area contributed by atoms with Crippen molar-refractivity contribution < 1.29 is 13.2 Å². The van der Waals surface area contributed by atoms with Crippen molar-refractivity contribution in [1.82, 2.24) is 0 Å². The fraction of sp³-hybridized carbons (Fsp3) is 0.0714. The fourth-order valence-electron chi connectivity index (χ4n) is 1.83. The Morgan fingerprint density at radius 2 is 2.10 bits per heavy atom. The molecule has 104 valence electrons. The van der Waals surface area contributed by atoms with Crippen LogP contribution in [-0.4, -0.2) is 14.6 Å². The molecule has 0 fully saturated rings. The maximum Gasteiger partial charge on any atom is 0.240 e. The highest BCUT2D eigenvalue weighted by atomic mass is 32.2. The first-order chi connectivity index (χ1) is 9.54. The molecule has 1 aromatic carbocycles. The molecule has 1 heterocycles. The molecule has 5 nitrogen and oxygen atoms in total. The van der Waals surface area contributed by atoms with Crippen molar-refractivity contribution >= 4 is 27.5 Å². The second kappa shape index (κ2) is 5.85. The lowest BCUT2D eigenvalue weighted by Gasteiger charge is -2.10. The molecule has 0 saturated carbocycles. The molecule has 1 aromatic rings. The fourth-order valence-corrected chi connectivity index (χ4v) is 2.53. The molecule has 1 aliphatic rings. The number of hydrogen-bond acceptors (Lipinski definition) is 4. The molecule has 0 radical (unpaired) electrons. The van der Waals surface area contributed by atoms with Crippen LogP contribution in [0, 0.1) is 0 Å². The van der Waals surface area contributed by atoms with E-state index >= 15 is 0 Å². The summed E-state index contributed by atoms with van der Waals surface area (Å²) >= 11 is 0. The van der Waals surface area contributed by atoms with E-state index in [1.165, 1.54) is 24.8 Å². The molecule has 0 atom stereocenters. The first-order valence-electron chi connectivity index (χ1n) is 5.88. The SMILES string of the molecule is CC=Nc1c(C2=CC=COC=C2)cccc1S(N)(=O)=O. The molecule has 2 rings (SSSR count). The molecular formula is C14H14N2O3S. The molecule has 0 amide bonds. The zero-order valence-electron chi connectivity index (χ0n) is 10.9. The summed E-state index contributed by atoms with van der Waals surface area (Å²) in [6.07, 6.45) is 9.82. The van der Waals surface area contributed by atoms with Crippen molar-refractivity contribution in [2.45, 2.75) is 11.8 Å². The van der Waals surface area contributed by atoms with Gasteiger partial charge in [0.25, 0.3) is 0 Å². The summed E-state index contributed by atoms with van der Waals surface area (Å²) in [5, 5.41) is 5.24. The molecule has 0 spiro atoms. The van der Waals surface area contributed by atoms with Crippen LogP contribution in [0.3, 0.4) is 0 Å². The number of ether oxygens (including phenoxy) is 1. The Kier molecular flexibility index (Phi) is 4.16. The zero-order chi connectivity index (χ0) is 14.6. The van der Waals surface area contributed by atoms with E-state index in [-0.39, 0.29) is 4.90 Å². The van der Waals surface area contributed by atoms with Gasteiger partial charge in [-0.25, -0.2) is 13.6 Å². The van der Waals surface area contributed by atoms with Gasteiger partial charge in [0.15, 0.2) is 0 Å². The van der Waals surface area contributed by atoms with Crippen LogP contribution in [-0.2, 0) is 14.8 Å². The average molecular weight is 290 g/mol. The van der Waals surface area contributed by atoms with Gasteiger partial charge in [0.2, 0.25) is 10.0 Å². The van der Waals surface area contributed by atoms with Gasteiger partial charge in [-0.05, 0) is 30.7 Å². The lowest BCUT2D eigenvalue weighted by Crippen LogP contribution is -2.12. The van der Waals surface area contributed by atoms with E-state index in [0.29, 0.717) is 11.3 Å². The Morgan fingerprint density at radius 1 is 1.30 bits per heavy atom. The maximum atomic E-state index is 11.7. The second-order valence-corrected chi connectivity index (χ2v) is 5.50. The number of aliphatic imine (C=N–C) groups is 1. The molecule has 0 unspecified atom stereocenters. The quantitative estimate of drug-likeness (QED) is 0.868. The van der Waals surface area contributed by atoms with Crippen LogP contribution in [0.1, 0.15) is 12.5 Å². The van der Waals surface area contributed by atoms with Gasteiger partial charge in [0, 0.05) is 11.8 Å². The third-order valence-corrected chi connectivity index (χ3v) is 3.58. The Balaban J connectivity index is 2.71. The van der Waals surface area contributed by atoms with Crippen molar-refractivity contribution in [2.24, 2.45) is 10.1 Å². The van der Waals surface area contributed by atoms with E-state index < -0.39 is 10.0 Å². The van der Waals surface area contributed by atoms with Gasteiger partial charge in [0.1, 0.15) is 4.90 Å². The van der Waals surface area contributed by atoms with Crippen LogP contribution in [0.2, 0.25) is 0 Å². The molecule has 0 aliphatic carbocycles. The van der Waals surface area contributed by atoms with Crippen LogP contribution in [0.4, 0.5) is 5.69 Å². The predicted octanol–water partition coefficient (Wildman–Crippen LogP) is 2.50. The summed E-state index contributed by atoms with van der Waals surface area (Å²) in [5.41, 5.74) is 1.77. The van der Waals surface area contributed by atoms with E-state index in [4.69, 9.17) is 9.88 Å². The van der Waals surface area contributed by atoms with Gasteiger partial charge in [-0.15, -0.1) is 0 Å². The molecule has 0 bridgehead atoms. The van der Waals surface area contributed by atoms with Crippen LogP contribution < -0.4 is 5.14 Å². The highest BCUT2D eigenvalue weighted by Gasteiger charge is 2.17. The topological polar surface area (TPSA) is 81.8 Å². The highest BCUT2D eigenvalue weighted by molar-refractivity contribution is 7.89. The van der Waals surface area contributed by atoms with E-state index in [2.05, 4.69) is 4.99 Å². The molecule has 0 aromatic heterocycles. The number of nitrogens with zero attached hydrogens (tertiary/aromatic N) is 1. The Morgan fingerprint density at radius 3 is 2.80 bits per heavy atom. The first-order valence-corrected chi connectivity index (χ1v) is 7.42. The van der Waals surface area contributed by atoms with Gasteiger partial charge < -0.3 is 4.74 Å². The largest absolute Gasteiger partial charge is 0.473 e. The lowest BCUT2D eigenvalue weighted by atomic mass is 10.0. The minimum Gasteiger partial charge on any atom is -0.473 e. The van der Waals surface area contributed by atoms with Gasteiger partial charge in [-0.1, -0.05) is 18.2 Å². The van der Waals surface area contributed by atoms with Gasteiger partial charge in [0.05, 0.1) is 18.2 Å². The summed E-state index contributed by atoms with van der Waals surface area (Å²) in [7, 11) is -3.84. The van der Waals surface area contributed by atoms with Gasteiger partial charge in [-0.2, -0.15) is 0 Å². The molecule has 1 aliphatic heterocycles. The summed E-state index contributed by atoms with van der Waals surface area (Å²) in [6, 6.07) is 4.86. The third-order valence-electron chi connectivity index (χ3n) is 2.63. The van der Waals surface area contributed by atoms with E-state index in [9.17, 15) is 8.42 Å². The van der Waals surface area contributed by atoms with E-state index in [1.54, 1.807) is 37.3 Å². The summed E-state index contributed by atoms with van der Waals surface area (Å²) in [4.78, 5) is 4.15. The number of hydrogen-bond donors (Lipinski definition) is 1. The van der Waals surface area contributed by atoms with Crippen molar-refractivity contribution in [3.63, 3.8) is 0 Å². The summed E-state index contributed by atoms with van der Waals surface area (Å²) in [5.74, 6) is 0. The van der Waals surface area contributed by atoms with Gasteiger partial charge >= 0.3 is 0 Å². The van der Waals surface area contributed by atoms with E-state index in [1.807, 2.05) is 0 Å². The van der Waals surface area contributed by atoms with E-state index in [0.717, 1.165) is 5.57 Å². The van der Waals surface area contributed by atoms with Crippen molar-refractivity contribution in [3.05, 3.63) is 54.5 Å². The normalized spacial score (nSPS) is 15.0. The summed E-state index contributed by atoms with van der Waals surface area (Å²) < 4.78 is 28.4. The number of sulfonamides is 1. The van der Waals surface area contributed by atoms with Crippen LogP contribution in [0.5, 0.6) is 0 Å². The molecule has 0 saturated heterocycles. The van der Waals surface area contributed by atoms with Crippen LogP contribution >= 0.6 is 0 Å². The van der Waals surface area contributed by atoms with Crippen molar-refractivity contribution in [3.8, 4) is 0 Å². The Hall–Kier alpha value is -2.18. The number of para-hydroxylation sites is 1. The molecular weight excluding hydrogens is 276 g/mol. The molecule has 6 heteroatoms. The monoisotopic (exact) mass is 290 g/mol. The number of allylic oxidation sites excluding steroid dienone is 4. The Bertz CT molecular complexity index is 729. The van der Waals surface area contributed by atoms with Crippen molar-refractivity contribution in [1.29, 1.82) is 0 Å². The predicted molar refractivity (Wildman–Crippen MR) is 79.0 cm³/mol. The van der Waals surface area contributed by atoms with Crippen LogP contribution in [0.15, 0.2) is 58.8 Å². The third kappa shape index (κ3) is 3.04. The lowest BCUT2D eigenvalue weighted by molar-refractivity contribution is 0.404. The molecule has 20 heavy (non-hydrogen) atoms. The number of benzene rings is 1. The maximum absolute atomic E-state index is 11.7. The van der Waals surface area contributed by atoms with Gasteiger partial charge in [-0.3, -0.25) is 4.99 Å². The summed E-state index contributed by atoms with van der Waals surface area (Å²) in [6.45, 7) is 1.71. The van der Waals surface area contributed by atoms with Crippen LogP contribution in [0.25, 0.3) is 5.57 Å².